The van der Waals surface area contributed by atoms with Crippen molar-refractivity contribution in [3.8, 4) is 0 Å². The zero-order chi connectivity index (χ0) is 13.0. The van der Waals surface area contributed by atoms with Crippen LogP contribution in [0.3, 0.4) is 0 Å². The van der Waals surface area contributed by atoms with E-state index < -0.39 is 0 Å². The molecule has 0 bridgehead atoms. The maximum Gasteiger partial charge on any atom is 0.207 e. The third-order valence-corrected chi connectivity index (χ3v) is 2.60. The van der Waals surface area contributed by atoms with Gasteiger partial charge in [0, 0.05) is 25.5 Å². The summed E-state index contributed by atoms with van der Waals surface area (Å²) in [5.41, 5.74) is 2.91. The molecule has 0 amide bonds. The Kier molecular flexibility index (Phi) is 3.94. The molecule has 2 rings (SSSR count). The van der Waals surface area contributed by atoms with E-state index in [4.69, 9.17) is 4.74 Å². The maximum absolute atomic E-state index is 5.09. The molecule has 18 heavy (non-hydrogen) atoms. The Bertz CT molecular complexity index is 504. The normalized spacial score (nSPS) is 10.6. The summed E-state index contributed by atoms with van der Waals surface area (Å²) in [5.74, 6) is 0.815. The van der Waals surface area contributed by atoms with Crippen molar-refractivity contribution in [1.29, 1.82) is 0 Å². The van der Waals surface area contributed by atoms with Crippen molar-refractivity contribution >= 4 is 11.6 Å². The third kappa shape index (κ3) is 3.07. The van der Waals surface area contributed by atoms with Crippen LogP contribution in [0.25, 0.3) is 0 Å². The molecular weight excluding hydrogens is 228 g/mol. The van der Waals surface area contributed by atoms with Gasteiger partial charge in [0.25, 0.3) is 0 Å². The Hall–Kier alpha value is -1.88. The smallest absolute Gasteiger partial charge is 0.207 e. The summed E-state index contributed by atoms with van der Waals surface area (Å²) < 4.78 is 7.13. The predicted molar refractivity (Wildman–Crippen MR) is 71.1 cm³/mol. The van der Waals surface area contributed by atoms with Crippen LogP contribution in [-0.2, 0) is 11.3 Å². The second-order valence-corrected chi connectivity index (χ2v) is 4.21. The Balaban J connectivity index is 2.14. The van der Waals surface area contributed by atoms with Crippen molar-refractivity contribution in [3.05, 3.63) is 35.9 Å². The summed E-state index contributed by atoms with van der Waals surface area (Å²) >= 11 is 0. The SMILES string of the molecule is COCCn1cc(C)nc1Nc1ccc(C)nc1. The molecule has 2 heterocycles. The Labute approximate surface area is 107 Å². The molecule has 0 aromatic carbocycles. The van der Waals surface area contributed by atoms with Crippen molar-refractivity contribution in [1.82, 2.24) is 14.5 Å². The summed E-state index contributed by atoms with van der Waals surface area (Å²) in [6, 6.07) is 3.96. The van der Waals surface area contributed by atoms with E-state index in [2.05, 4.69) is 15.3 Å². The van der Waals surface area contributed by atoms with Crippen LogP contribution in [0.5, 0.6) is 0 Å². The first-order chi connectivity index (χ1) is 8.69. The van der Waals surface area contributed by atoms with Crippen LogP contribution in [-0.4, -0.2) is 28.3 Å². The van der Waals surface area contributed by atoms with Crippen molar-refractivity contribution in [2.24, 2.45) is 0 Å². The van der Waals surface area contributed by atoms with Gasteiger partial charge in [-0.3, -0.25) is 4.98 Å². The molecule has 2 aromatic rings. The van der Waals surface area contributed by atoms with Crippen molar-refractivity contribution in [2.45, 2.75) is 20.4 Å². The van der Waals surface area contributed by atoms with Crippen LogP contribution in [0.4, 0.5) is 11.6 Å². The molecular formula is C13H18N4O. The molecule has 0 aliphatic heterocycles. The van der Waals surface area contributed by atoms with Crippen LogP contribution in [0, 0.1) is 13.8 Å². The van der Waals surface area contributed by atoms with Gasteiger partial charge in [-0.2, -0.15) is 0 Å². The fourth-order valence-corrected chi connectivity index (χ4v) is 1.68. The number of methoxy groups -OCH3 is 1. The second kappa shape index (κ2) is 5.64. The van der Waals surface area contributed by atoms with E-state index in [1.807, 2.05) is 36.7 Å². The van der Waals surface area contributed by atoms with E-state index in [9.17, 15) is 0 Å². The van der Waals surface area contributed by atoms with Crippen LogP contribution < -0.4 is 5.32 Å². The number of nitrogens with one attached hydrogen (secondary N) is 1. The molecule has 0 fully saturated rings. The average Bonchev–Trinajstić information content (AvgIpc) is 2.70. The van der Waals surface area contributed by atoms with E-state index in [0.717, 1.165) is 29.6 Å². The van der Waals surface area contributed by atoms with Gasteiger partial charge in [0.1, 0.15) is 0 Å². The van der Waals surface area contributed by atoms with Gasteiger partial charge in [-0.1, -0.05) is 0 Å². The molecule has 0 aliphatic carbocycles. The average molecular weight is 246 g/mol. The van der Waals surface area contributed by atoms with E-state index in [-0.39, 0.29) is 0 Å². The van der Waals surface area contributed by atoms with Gasteiger partial charge in [0.05, 0.1) is 24.2 Å². The number of rotatable bonds is 5. The monoisotopic (exact) mass is 246 g/mol. The zero-order valence-electron chi connectivity index (χ0n) is 11.0. The van der Waals surface area contributed by atoms with Gasteiger partial charge in [-0.05, 0) is 26.0 Å². The largest absolute Gasteiger partial charge is 0.383 e. The van der Waals surface area contributed by atoms with Crippen molar-refractivity contribution in [3.63, 3.8) is 0 Å². The highest BCUT2D eigenvalue weighted by Crippen LogP contribution is 2.15. The molecule has 0 unspecified atom stereocenters. The minimum atomic E-state index is 0.663. The van der Waals surface area contributed by atoms with Crippen molar-refractivity contribution in [2.75, 3.05) is 19.0 Å². The first-order valence-corrected chi connectivity index (χ1v) is 5.91. The van der Waals surface area contributed by atoms with Gasteiger partial charge in [-0.25, -0.2) is 4.98 Å². The molecule has 5 nitrogen and oxygen atoms in total. The van der Waals surface area contributed by atoms with Gasteiger partial charge in [0.15, 0.2) is 0 Å². The minimum Gasteiger partial charge on any atom is -0.383 e. The number of hydrogen-bond donors (Lipinski definition) is 1. The zero-order valence-corrected chi connectivity index (χ0v) is 11.0. The molecule has 0 spiro atoms. The van der Waals surface area contributed by atoms with Crippen molar-refractivity contribution < 1.29 is 4.74 Å². The summed E-state index contributed by atoms with van der Waals surface area (Å²) in [4.78, 5) is 8.70. The summed E-state index contributed by atoms with van der Waals surface area (Å²) in [7, 11) is 1.70. The number of anilines is 2. The van der Waals surface area contributed by atoms with E-state index in [0.29, 0.717) is 6.61 Å². The summed E-state index contributed by atoms with van der Waals surface area (Å²) in [5, 5.41) is 3.26. The lowest BCUT2D eigenvalue weighted by atomic mass is 10.3. The number of pyridine rings is 1. The molecule has 0 radical (unpaired) electrons. The van der Waals surface area contributed by atoms with Gasteiger partial charge in [0.2, 0.25) is 5.95 Å². The van der Waals surface area contributed by atoms with Crippen LogP contribution in [0.2, 0.25) is 0 Å². The lowest BCUT2D eigenvalue weighted by Gasteiger charge is -2.09. The highest BCUT2D eigenvalue weighted by atomic mass is 16.5. The molecule has 5 heteroatoms. The van der Waals surface area contributed by atoms with Gasteiger partial charge >= 0.3 is 0 Å². The number of nitrogens with zero attached hydrogens (tertiary/aromatic N) is 3. The molecule has 0 saturated heterocycles. The van der Waals surface area contributed by atoms with E-state index >= 15 is 0 Å². The van der Waals surface area contributed by atoms with Gasteiger partial charge in [-0.15, -0.1) is 0 Å². The fourth-order valence-electron chi connectivity index (χ4n) is 1.68. The number of imidazole rings is 1. The lowest BCUT2D eigenvalue weighted by molar-refractivity contribution is 0.188. The molecule has 2 aromatic heterocycles. The fraction of sp³-hybridized carbons (Fsp3) is 0.385. The number of aromatic nitrogens is 3. The number of hydrogen-bond acceptors (Lipinski definition) is 4. The topological polar surface area (TPSA) is 52.0 Å². The van der Waals surface area contributed by atoms with Gasteiger partial charge < -0.3 is 14.6 Å². The first-order valence-electron chi connectivity index (χ1n) is 5.91. The molecule has 1 N–H and O–H groups in total. The number of ether oxygens (including phenoxy) is 1. The van der Waals surface area contributed by atoms with E-state index in [1.165, 1.54) is 0 Å². The standard InChI is InChI=1S/C13H18N4O/c1-10-4-5-12(8-14-10)16-13-15-11(2)9-17(13)6-7-18-3/h4-5,8-9H,6-7H2,1-3H3,(H,15,16). The van der Waals surface area contributed by atoms with Crippen LogP contribution in [0.1, 0.15) is 11.4 Å². The maximum atomic E-state index is 5.09. The Morgan fingerprint density at radius 1 is 1.28 bits per heavy atom. The van der Waals surface area contributed by atoms with Crippen LogP contribution in [0.15, 0.2) is 24.5 Å². The first kappa shape index (κ1) is 12.6. The summed E-state index contributed by atoms with van der Waals surface area (Å²) in [6.07, 6.45) is 3.81. The molecule has 0 saturated carbocycles. The summed E-state index contributed by atoms with van der Waals surface area (Å²) in [6.45, 7) is 5.38. The van der Waals surface area contributed by atoms with Crippen LogP contribution >= 0.6 is 0 Å². The lowest BCUT2D eigenvalue weighted by Crippen LogP contribution is -2.07. The highest BCUT2D eigenvalue weighted by Gasteiger charge is 2.05. The quantitative estimate of drug-likeness (QED) is 0.879. The third-order valence-electron chi connectivity index (χ3n) is 2.60. The highest BCUT2D eigenvalue weighted by molar-refractivity contribution is 5.52. The Morgan fingerprint density at radius 2 is 2.11 bits per heavy atom. The molecule has 0 aliphatic rings. The predicted octanol–water partition coefficient (Wildman–Crippen LogP) is 2.28. The Morgan fingerprint density at radius 3 is 2.78 bits per heavy atom. The minimum absolute atomic E-state index is 0.663. The second-order valence-electron chi connectivity index (χ2n) is 4.21. The van der Waals surface area contributed by atoms with E-state index in [1.54, 1.807) is 13.3 Å². The molecule has 96 valence electrons. The number of aryl methyl sites for hydroxylation is 2. The molecule has 0 atom stereocenters.